The maximum Gasteiger partial charge on any atom is 0.326 e. The number of thiazole rings is 1. The van der Waals surface area contributed by atoms with E-state index in [9.17, 15) is 19.2 Å². The number of esters is 1. The first-order valence-electron chi connectivity index (χ1n) is 10.1. The topological polar surface area (TPSA) is 98.8 Å². The maximum absolute atomic E-state index is 13.6. The number of hydrogen-bond acceptors (Lipinski definition) is 8. The van der Waals surface area contributed by atoms with Gasteiger partial charge in [0.15, 0.2) is 0 Å². The van der Waals surface area contributed by atoms with Crippen LogP contribution in [0.15, 0.2) is 61.4 Å². The Balaban J connectivity index is 1.61. The minimum atomic E-state index is -0.758. The molecule has 0 bridgehead atoms. The van der Waals surface area contributed by atoms with E-state index in [1.54, 1.807) is 43.3 Å². The highest BCUT2D eigenvalue weighted by Gasteiger charge is 2.57. The number of furan rings is 1. The van der Waals surface area contributed by atoms with E-state index >= 15 is 0 Å². The molecule has 3 atom stereocenters. The number of aromatic nitrogens is 1. The molecule has 1 fully saturated rings. The molecule has 0 spiro atoms. The summed E-state index contributed by atoms with van der Waals surface area (Å²) in [6.07, 6.45) is 1.50. The second kappa shape index (κ2) is 8.62. The van der Waals surface area contributed by atoms with Crippen LogP contribution in [-0.4, -0.2) is 34.2 Å². The van der Waals surface area contributed by atoms with Crippen molar-refractivity contribution in [2.75, 3.05) is 11.5 Å². The number of amides is 2. The molecule has 2 aliphatic heterocycles. The van der Waals surface area contributed by atoms with Gasteiger partial charge in [-0.3, -0.25) is 23.7 Å². The molecule has 5 rings (SSSR count). The Labute approximate surface area is 204 Å². The Kier molecular flexibility index (Phi) is 5.79. The zero-order chi connectivity index (χ0) is 23.3. The number of hydrogen-bond donors (Lipinski definition) is 0. The smallest absolute Gasteiger partial charge is 0.326 e. The van der Waals surface area contributed by atoms with Crippen LogP contribution < -0.4 is 9.77 Å². The fraction of sp³-hybridized carbons (Fsp3) is 0.273. The Morgan fingerprint density at radius 1 is 1.15 bits per heavy atom. The largest absolute Gasteiger partial charge is 0.469 e. The number of nitrogens with zero attached hydrogens (tertiary/aromatic N) is 2. The van der Waals surface area contributed by atoms with Crippen LogP contribution in [0.3, 0.4) is 0 Å². The summed E-state index contributed by atoms with van der Waals surface area (Å²) < 4.78 is 12.8. The summed E-state index contributed by atoms with van der Waals surface area (Å²) in [5, 5.41) is -0.259. The third-order valence-electron chi connectivity index (χ3n) is 5.58. The van der Waals surface area contributed by atoms with E-state index in [1.807, 2.05) is 0 Å². The summed E-state index contributed by atoms with van der Waals surface area (Å²) in [5.74, 6) is -2.10. The van der Waals surface area contributed by atoms with Gasteiger partial charge in [0.25, 0.3) is 0 Å². The summed E-state index contributed by atoms with van der Waals surface area (Å²) in [4.78, 5) is 53.5. The Morgan fingerprint density at radius 2 is 1.91 bits per heavy atom. The van der Waals surface area contributed by atoms with Crippen LogP contribution in [0.2, 0.25) is 0 Å². The summed E-state index contributed by atoms with van der Waals surface area (Å²) in [6, 6.07) is 10.4. The molecule has 0 N–H and O–H groups in total. The normalized spacial score (nSPS) is 21.8. The van der Waals surface area contributed by atoms with Crippen molar-refractivity contribution in [2.24, 2.45) is 5.92 Å². The molecule has 1 aromatic carbocycles. The van der Waals surface area contributed by atoms with Crippen molar-refractivity contribution in [1.29, 1.82) is 0 Å². The van der Waals surface area contributed by atoms with Crippen LogP contribution >= 0.6 is 39.0 Å². The van der Waals surface area contributed by atoms with Crippen LogP contribution in [-0.2, 0) is 25.7 Å². The average molecular weight is 549 g/mol. The van der Waals surface area contributed by atoms with Gasteiger partial charge in [0.2, 0.25) is 11.8 Å². The van der Waals surface area contributed by atoms with Gasteiger partial charge in [0, 0.05) is 4.47 Å². The number of thioether (sulfide) groups is 1. The number of fused-ring (bicyclic) bond motifs is 2. The van der Waals surface area contributed by atoms with E-state index in [4.69, 9.17) is 9.15 Å². The van der Waals surface area contributed by atoms with E-state index in [1.165, 1.54) is 15.7 Å². The van der Waals surface area contributed by atoms with Crippen LogP contribution in [0.1, 0.15) is 23.5 Å². The second-order valence-corrected chi connectivity index (χ2v) is 10.5. The van der Waals surface area contributed by atoms with E-state index in [-0.39, 0.29) is 29.8 Å². The standard InChI is InChI=1S/C22H17BrN2O6S2/c1-2-30-14(26)10-24-21-18(33-22(24)29)15(13-4-3-9-31-13)16-17(32-21)20(28)25(19(16)27)12-7-5-11(23)6-8-12/h3-9,15-17H,2,10H2,1H3. The number of carbonyl (C=O) groups is 3. The lowest BCUT2D eigenvalue weighted by molar-refractivity contribution is -0.144. The van der Waals surface area contributed by atoms with Gasteiger partial charge in [-0.05, 0) is 43.3 Å². The Hall–Kier alpha value is -2.63. The summed E-state index contributed by atoms with van der Waals surface area (Å²) >= 11 is 5.48. The zero-order valence-electron chi connectivity index (χ0n) is 17.2. The third kappa shape index (κ3) is 3.68. The molecule has 3 aromatic rings. The lowest BCUT2D eigenvalue weighted by Gasteiger charge is -2.28. The lowest BCUT2D eigenvalue weighted by atomic mass is 9.87. The van der Waals surface area contributed by atoms with Crippen LogP contribution in [0.5, 0.6) is 0 Å². The average Bonchev–Trinajstić information content (AvgIpc) is 3.48. The quantitative estimate of drug-likeness (QED) is 0.354. The van der Waals surface area contributed by atoms with Gasteiger partial charge in [0.05, 0.1) is 40.3 Å². The number of imide groups is 1. The van der Waals surface area contributed by atoms with Gasteiger partial charge < -0.3 is 9.15 Å². The summed E-state index contributed by atoms with van der Waals surface area (Å²) in [5.41, 5.74) is 0.480. The van der Waals surface area contributed by atoms with Crippen molar-refractivity contribution in [2.45, 2.75) is 29.7 Å². The highest BCUT2D eigenvalue weighted by molar-refractivity contribution is 9.10. The lowest BCUT2D eigenvalue weighted by Crippen LogP contribution is -2.32. The summed E-state index contributed by atoms with van der Waals surface area (Å²) in [7, 11) is 0. The van der Waals surface area contributed by atoms with Crippen LogP contribution in [0, 0.1) is 5.92 Å². The molecule has 2 amide bonds. The van der Waals surface area contributed by atoms with Crippen LogP contribution in [0.25, 0.3) is 0 Å². The number of anilines is 1. The van der Waals surface area contributed by atoms with Crippen molar-refractivity contribution < 1.29 is 23.5 Å². The van der Waals surface area contributed by atoms with Gasteiger partial charge in [-0.15, -0.1) is 0 Å². The second-order valence-electron chi connectivity index (χ2n) is 7.47. The van der Waals surface area contributed by atoms with E-state index in [2.05, 4.69) is 15.9 Å². The maximum atomic E-state index is 13.6. The van der Waals surface area contributed by atoms with Crippen molar-refractivity contribution in [1.82, 2.24) is 4.57 Å². The first-order valence-corrected chi connectivity index (χ1v) is 12.6. The molecule has 3 unspecified atom stereocenters. The monoisotopic (exact) mass is 548 g/mol. The van der Waals surface area contributed by atoms with Gasteiger partial charge in [-0.1, -0.05) is 39.0 Å². The van der Waals surface area contributed by atoms with E-state index in [0.717, 1.165) is 27.6 Å². The molecular weight excluding hydrogens is 532 g/mol. The summed E-state index contributed by atoms with van der Waals surface area (Å²) in [6.45, 7) is 1.63. The van der Waals surface area contributed by atoms with Crippen molar-refractivity contribution >= 4 is 62.5 Å². The van der Waals surface area contributed by atoms with Crippen molar-refractivity contribution in [3.05, 3.63) is 67.4 Å². The number of ether oxygens (including phenoxy) is 1. The van der Waals surface area contributed by atoms with Crippen molar-refractivity contribution in [3.63, 3.8) is 0 Å². The highest BCUT2D eigenvalue weighted by atomic mass is 79.9. The van der Waals surface area contributed by atoms with Crippen LogP contribution in [0.4, 0.5) is 5.69 Å². The van der Waals surface area contributed by atoms with Gasteiger partial charge in [-0.2, -0.15) is 0 Å². The Morgan fingerprint density at radius 3 is 2.58 bits per heavy atom. The van der Waals surface area contributed by atoms with Gasteiger partial charge in [-0.25, -0.2) is 4.90 Å². The van der Waals surface area contributed by atoms with E-state index in [0.29, 0.717) is 21.4 Å². The zero-order valence-corrected chi connectivity index (χ0v) is 20.4. The predicted octanol–water partition coefficient (Wildman–Crippen LogP) is 3.62. The molecule has 4 heterocycles. The molecule has 2 aromatic heterocycles. The van der Waals surface area contributed by atoms with Gasteiger partial charge in [0.1, 0.15) is 17.6 Å². The highest BCUT2D eigenvalue weighted by Crippen LogP contribution is 2.53. The van der Waals surface area contributed by atoms with Gasteiger partial charge >= 0.3 is 10.8 Å². The first-order chi connectivity index (χ1) is 15.9. The predicted molar refractivity (Wildman–Crippen MR) is 126 cm³/mol. The first kappa shape index (κ1) is 22.2. The number of carbonyl (C=O) groups excluding carboxylic acids is 3. The van der Waals surface area contributed by atoms with E-state index < -0.39 is 23.1 Å². The molecule has 0 aliphatic carbocycles. The minimum absolute atomic E-state index is 0.196. The molecule has 2 aliphatic rings. The fourth-order valence-corrected chi connectivity index (χ4v) is 7.23. The minimum Gasteiger partial charge on any atom is -0.469 e. The molecular formula is C22H17BrN2O6S2. The molecule has 1 saturated heterocycles. The molecule has 33 heavy (non-hydrogen) atoms. The number of rotatable bonds is 5. The fourth-order valence-electron chi connectivity index (χ4n) is 4.21. The SMILES string of the molecule is CCOC(=O)Cn1c2c(sc1=O)C(c1ccco1)C1C(=O)N(c3ccc(Br)cc3)C(=O)C1S2. The number of halogens is 1. The molecule has 170 valence electrons. The number of benzene rings is 1. The van der Waals surface area contributed by atoms with Crippen molar-refractivity contribution in [3.8, 4) is 0 Å². The molecule has 0 saturated carbocycles. The Bertz CT molecular complexity index is 1300. The molecule has 0 radical (unpaired) electrons. The molecule has 11 heteroatoms. The third-order valence-corrected chi connectivity index (χ3v) is 8.71. The molecule has 8 nitrogen and oxygen atoms in total.